The Morgan fingerprint density at radius 1 is 1.19 bits per heavy atom. The van der Waals surface area contributed by atoms with E-state index in [4.69, 9.17) is 16.3 Å². The van der Waals surface area contributed by atoms with Crippen molar-refractivity contribution in [2.24, 2.45) is 5.92 Å². The lowest BCUT2D eigenvalue weighted by Gasteiger charge is -2.23. The molecule has 1 aliphatic heterocycles. The molecule has 3 atom stereocenters. The van der Waals surface area contributed by atoms with Crippen LogP contribution in [0.4, 0.5) is 0 Å². The van der Waals surface area contributed by atoms with E-state index in [1.54, 1.807) is 0 Å². The number of alkyl halides is 1. The minimum atomic E-state index is 0.121. The lowest BCUT2D eigenvalue weighted by molar-refractivity contribution is -0.0252. The fourth-order valence-electron chi connectivity index (χ4n) is 3.23. The van der Waals surface area contributed by atoms with Crippen molar-refractivity contribution in [2.75, 3.05) is 0 Å². The number of hydrogen-bond acceptors (Lipinski definition) is 1. The van der Waals surface area contributed by atoms with Crippen LogP contribution in [0.15, 0.2) is 0 Å². The topological polar surface area (TPSA) is 9.23 Å². The Kier molecular flexibility index (Phi) is 4.18. The second-order valence-electron chi connectivity index (χ2n) is 6.26. The van der Waals surface area contributed by atoms with Gasteiger partial charge in [-0.25, -0.2) is 0 Å². The molecule has 1 nitrogen and oxygen atoms in total. The number of halogens is 1. The number of rotatable bonds is 2. The summed E-state index contributed by atoms with van der Waals surface area (Å²) in [5, 5.41) is 0.418. The molecule has 16 heavy (non-hydrogen) atoms. The molecular formula is C14H25ClO. The second-order valence-corrected chi connectivity index (χ2v) is 6.87. The highest BCUT2D eigenvalue weighted by molar-refractivity contribution is 6.20. The first kappa shape index (κ1) is 12.7. The molecule has 1 saturated carbocycles. The Morgan fingerprint density at radius 3 is 2.62 bits per heavy atom. The number of hydrogen-bond donors (Lipinski definition) is 0. The molecule has 1 saturated heterocycles. The van der Waals surface area contributed by atoms with Gasteiger partial charge in [0.25, 0.3) is 0 Å². The van der Waals surface area contributed by atoms with Crippen LogP contribution in [0.2, 0.25) is 0 Å². The molecule has 2 aliphatic rings. The van der Waals surface area contributed by atoms with Gasteiger partial charge in [-0.3, -0.25) is 0 Å². The third kappa shape index (κ3) is 3.63. The zero-order valence-corrected chi connectivity index (χ0v) is 11.4. The summed E-state index contributed by atoms with van der Waals surface area (Å²) in [7, 11) is 0. The summed E-state index contributed by atoms with van der Waals surface area (Å²) in [5.74, 6) is 0.809. The first-order chi connectivity index (χ1) is 7.55. The van der Waals surface area contributed by atoms with E-state index in [2.05, 4.69) is 13.8 Å². The summed E-state index contributed by atoms with van der Waals surface area (Å²) < 4.78 is 6.08. The standard InChI is InChI=1S/C14H25ClO/c1-14(2)8-7-13(16-14)10-11-5-3-4-6-12(15)9-11/h11-13H,3-10H2,1-2H3. The van der Waals surface area contributed by atoms with Crippen molar-refractivity contribution in [1.82, 2.24) is 0 Å². The molecule has 0 aromatic carbocycles. The van der Waals surface area contributed by atoms with Crippen LogP contribution in [0, 0.1) is 5.92 Å². The smallest absolute Gasteiger partial charge is 0.0631 e. The molecule has 3 unspecified atom stereocenters. The van der Waals surface area contributed by atoms with Crippen LogP contribution < -0.4 is 0 Å². The molecule has 2 rings (SSSR count). The molecule has 94 valence electrons. The minimum Gasteiger partial charge on any atom is -0.372 e. The van der Waals surface area contributed by atoms with Crippen molar-refractivity contribution in [1.29, 1.82) is 0 Å². The van der Waals surface area contributed by atoms with Gasteiger partial charge >= 0.3 is 0 Å². The molecule has 0 bridgehead atoms. The van der Waals surface area contributed by atoms with Crippen molar-refractivity contribution in [3.63, 3.8) is 0 Å². The lowest BCUT2D eigenvalue weighted by atomic mass is 9.92. The number of ether oxygens (including phenoxy) is 1. The molecule has 0 N–H and O–H groups in total. The van der Waals surface area contributed by atoms with E-state index in [-0.39, 0.29) is 5.60 Å². The maximum absolute atomic E-state index is 6.32. The van der Waals surface area contributed by atoms with Gasteiger partial charge in [-0.05, 0) is 51.9 Å². The first-order valence-corrected chi connectivity index (χ1v) is 7.31. The maximum atomic E-state index is 6.32. The molecule has 0 aromatic rings. The Bertz CT molecular complexity index is 227. The second kappa shape index (κ2) is 5.27. The van der Waals surface area contributed by atoms with Crippen molar-refractivity contribution in [2.45, 2.75) is 82.3 Å². The Labute approximate surface area is 105 Å². The van der Waals surface area contributed by atoms with Gasteiger partial charge in [0.2, 0.25) is 0 Å². The van der Waals surface area contributed by atoms with Gasteiger partial charge < -0.3 is 4.74 Å². The molecule has 0 radical (unpaired) electrons. The summed E-state index contributed by atoms with van der Waals surface area (Å²) in [6, 6.07) is 0. The molecule has 0 amide bonds. The van der Waals surface area contributed by atoms with Gasteiger partial charge in [0.05, 0.1) is 11.7 Å². The fraction of sp³-hybridized carbons (Fsp3) is 1.00. The normalized spacial score (nSPS) is 39.6. The third-order valence-electron chi connectivity index (χ3n) is 4.12. The van der Waals surface area contributed by atoms with Crippen LogP contribution in [0.3, 0.4) is 0 Å². The van der Waals surface area contributed by atoms with E-state index in [1.807, 2.05) is 0 Å². The fourth-order valence-corrected chi connectivity index (χ4v) is 3.63. The van der Waals surface area contributed by atoms with Gasteiger partial charge in [0, 0.05) is 5.38 Å². The molecule has 2 heteroatoms. The predicted octanol–water partition coefficient (Wildman–Crippen LogP) is 4.52. The quantitative estimate of drug-likeness (QED) is 0.513. The summed E-state index contributed by atoms with van der Waals surface area (Å²) in [5.41, 5.74) is 0.121. The molecule has 2 fully saturated rings. The van der Waals surface area contributed by atoms with Crippen molar-refractivity contribution >= 4 is 11.6 Å². The van der Waals surface area contributed by atoms with E-state index < -0.39 is 0 Å². The van der Waals surface area contributed by atoms with E-state index in [1.165, 1.54) is 51.4 Å². The Balaban J connectivity index is 1.80. The van der Waals surface area contributed by atoms with Crippen LogP contribution in [-0.4, -0.2) is 17.1 Å². The largest absolute Gasteiger partial charge is 0.372 e. The van der Waals surface area contributed by atoms with Crippen LogP contribution in [-0.2, 0) is 4.74 Å². The zero-order valence-electron chi connectivity index (χ0n) is 10.7. The SMILES string of the molecule is CC1(C)CCC(CC2CCCCC(Cl)C2)O1. The van der Waals surface area contributed by atoms with Crippen LogP contribution in [0.1, 0.15) is 65.2 Å². The van der Waals surface area contributed by atoms with E-state index in [0.29, 0.717) is 11.5 Å². The minimum absolute atomic E-state index is 0.121. The zero-order chi connectivity index (χ0) is 11.6. The molecule has 1 aliphatic carbocycles. The lowest BCUT2D eigenvalue weighted by Crippen LogP contribution is -2.22. The highest BCUT2D eigenvalue weighted by atomic mass is 35.5. The van der Waals surface area contributed by atoms with E-state index in [9.17, 15) is 0 Å². The third-order valence-corrected chi connectivity index (χ3v) is 4.52. The highest BCUT2D eigenvalue weighted by Crippen LogP contribution is 2.36. The Morgan fingerprint density at radius 2 is 1.94 bits per heavy atom. The maximum Gasteiger partial charge on any atom is 0.0631 e. The van der Waals surface area contributed by atoms with Crippen LogP contribution >= 0.6 is 11.6 Å². The van der Waals surface area contributed by atoms with Crippen molar-refractivity contribution in [3.8, 4) is 0 Å². The van der Waals surface area contributed by atoms with Gasteiger partial charge in [-0.15, -0.1) is 11.6 Å². The molecule has 0 spiro atoms. The molecule has 0 aromatic heterocycles. The Hall–Kier alpha value is 0.250. The van der Waals surface area contributed by atoms with Gasteiger partial charge in [0.1, 0.15) is 0 Å². The van der Waals surface area contributed by atoms with Crippen LogP contribution in [0.25, 0.3) is 0 Å². The summed E-state index contributed by atoms with van der Waals surface area (Å²) in [4.78, 5) is 0. The summed E-state index contributed by atoms with van der Waals surface area (Å²) in [6.45, 7) is 4.43. The van der Waals surface area contributed by atoms with Crippen LogP contribution in [0.5, 0.6) is 0 Å². The average molecular weight is 245 g/mol. The summed E-state index contributed by atoms with van der Waals surface area (Å²) >= 11 is 6.32. The first-order valence-electron chi connectivity index (χ1n) is 6.87. The molecular weight excluding hydrogens is 220 g/mol. The van der Waals surface area contributed by atoms with Gasteiger partial charge in [-0.2, -0.15) is 0 Å². The summed E-state index contributed by atoms with van der Waals surface area (Å²) in [6.07, 6.45) is 10.7. The molecule has 1 heterocycles. The predicted molar refractivity (Wildman–Crippen MR) is 69.0 cm³/mol. The average Bonchev–Trinajstić information content (AvgIpc) is 2.41. The monoisotopic (exact) mass is 244 g/mol. The highest BCUT2D eigenvalue weighted by Gasteiger charge is 2.33. The van der Waals surface area contributed by atoms with Gasteiger partial charge in [-0.1, -0.05) is 19.3 Å². The van der Waals surface area contributed by atoms with Crippen molar-refractivity contribution < 1.29 is 4.74 Å². The van der Waals surface area contributed by atoms with Gasteiger partial charge in [0.15, 0.2) is 0 Å². The van der Waals surface area contributed by atoms with Crippen molar-refractivity contribution in [3.05, 3.63) is 0 Å². The van der Waals surface area contributed by atoms with E-state index in [0.717, 1.165) is 5.92 Å². The van der Waals surface area contributed by atoms with E-state index >= 15 is 0 Å².